The SMILES string of the molecule is CCNC(CC(C)CC(C)(C)C)CC(CC)CC. The Morgan fingerprint density at radius 1 is 0.944 bits per heavy atom. The average molecular weight is 255 g/mol. The molecule has 0 radical (unpaired) electrons. The van der Waals surface area contributed by atoms with E-state index in [9.17, 15) is 0 Å². The lowest BCUT2D eigenvalue weighted by Crippen LogP contribution is -2.33. The molecule has 0 aliphatic heterocycles. The predicted octanol–water partition coefficient (Wildman–Crippen LogP) is 5.25. The molecule has 0 rings (SSSR count). The van der Waals surface area contributed by atoms with Gasteiger partial charge >= 0.3 is 0 Å². The Balaban J connectivity index is 4.25. The van der Waals surface area contributed by atoms with E-state index in [-0.39, 0.29) is 0 Å². The summed E-state index contributed by atoms with van der Waals surface area (Å²) in [6.07, 6.45) is 6.67. The fourth-order valence-electron chi connectivity index (χ4n) is 3.19. The van der Waals surface area contributed by atoms with Crippen molar-refractivity contribution in [2.24, 2.45) is 17.3 Å². The third kappa shape index (κ3) is 8.97. The minimum absolute atomic E-state index is 0.463. The van der Waals surface area contributed by atoms with Crippen LogP contribution in [0, 0.1) is 17.3 Å². The van der Waals surface area contributed by atoms with E-state index in [2.05, 4.69) is 53.8 Å². The van der Waals surface area contributed by atoms with Crippen LogP contribution in [0.25, 0.3) is 0 Å². The van der Waals surface area contributed by atoms with Crippen LogP contribution in [0.1, 0.15) is 80.6 Å². The molecule has 0 saturated carbocycles. The summed E-state index contributed by atoms with van der Waals surface area (Å²) in [5.74, 6) is 1.72. The minimum atomic E-state index is 0.463. The zero-order chi connectivity index (χ0) is 14.2. The average Bonchev–Trinajstić information content (AvgIpc) is 2.23. The van der Waals surface area contributed by atoms with Gasteiger partial charge in [0.25, 0.3) is 0 Å². The summed E-state index contributed by atoms with van der Waals surface area (Å²) in [5.41, 5.74) is 0.463. The lowest BCUT2D eigenvalue weighted by Gasteiger charge is -2.29. The zero-order valence-corrected chi connectivity index (χ0v) is 14.0. The first-order chi connectivity index (χ1) is 8.32. The van der Waals surface area contributed by atoms with Gasteiger partial charge in [-0.05, 0) is 43.1 Å². The molecule has 0 aliphatic rings. The highest BCUT2D eigenvalue weighted by molar-refractivity contribution is 4.75. The number of hydrogen-bond donors (Lipinski definition) is 1. The Bertz CT molecular complexity index is 188. The molecule has 0 aromatic rings. The molecular formula is C17H37N. The first kappa shape index (κ1) is 18.0. The van der Waals surface area contributed by atoms with Crippen molar-refractivity contribution < 1.29 is 0 Å². The summed E-state index contributed by atoms with van der Waals surface area (Å²) in [5, 5.41) is 3.70. The van der Waals surface area contributed by atoms with E-state index in [0.29, 0.717) is 5.41 Å². The van der Waals surface area contributed by atoms with Gasteiger partial charge in [-0.3, -0.25) is 0 Å². The Morgan fingerprint density at radius 3 is 1.89 bits per heavy atom. The first-order valence-electron chi connectivity index (χ1n) is 8.05. The van der Waals surface area contributed by atoms with Crippen molar-refractivity contribution in [3.05, 3.63) is 0 Å². The molecule has 18 heavy (non-hydrogen) atoms. The molecule has 1 heteroatoms. The van der Waals surface area contributed by atoms with Gasteiger partial charge in [0, 0.05) is 6.04 Å². The van der Waals surface area contributed by atoms with Crippen molar-refractivity contribution in [2.75, 3.05) is 6.54 Å². The molecule has 1 nitrogen and oxygen atoms in total. The van der Waals surface area contributed by atoms with Crippen molar-refractivity contribution in [1.82, 2.24) is 5.32 Å². The lowest BCUT2D eigenvalue weighted by atomic mass is 9.81. The standard InChI is InChI=1S/C17H37N/c1-8-15(9-2)12-16(18-10-3)11-14(4)13-17(5,6)7/h14-16,18H,8-13H2,1-7H3. The van der Waals surface area contributed by atoms with Crippen LogP contribution >= 0.6 is 0 Å². The highest BCUT2D eigenvalue weighted by Crippen LogP contribution is 2.28. The summed E-state index contributed by atoms with van der Waals surface area (Å²) < 4.78 is 0. The summed E-state index contributed by atoms with van der Waals surface area (Å²) in [6, 6.07) is 0.720. The van der Waals surface area contributed by atoms with Gasteiger partial charge in [-0.1, -0.05) is 61.3 Å². The van der Waals surface area contributed by atoms with Crippen LogP contribution in [0.3, 0.4) is 0 Å². The fraction of sp³-hybridized carbons (Fsp3) is 1.00. The Hall–Kier alpha value is -0.0400. The molecule has 0 heterocycles. The van der Waals surface area contributed by atoms with Crippen molar-refractivity contribution >= 4 is 0 Å². The Kier molecular flexibility index (Phi) is 8.94. The van der Waals surface area contributed by atoms with Crippen molar-refractivity contribution in [3.8, 4) is 0 Å². The van der Waals surface area contributed by atoms with Gasteiger partial charge in [0.1, 0.15) is 0 Å². The normalized spacial score (nSPS) is 16.0. The van der Waals surface area contributed by atoms with Crippen LogP contribution in [0.15, 0.2) is 0 Å². The molecule has 0 saturated heterocycles. The molecule has 2 atom stereocenters. The van der Waals surface area contributed by atoms with Crippen molar-refractivity contribution in [2.45, 2.75) is 86.6 Å². The van der Waals surface area contributed by atoms with Crippen LogP contribution in [-0.2, 0) is 0 Å². The minimum Gasteiger partial charge on any atom is -0.314 e. The second-order valence-corrected chi connectivity index (χ2v) is 7.28. The molecule has 0 spiro atoms. The van der Waals surface area contributed by atoms with Gasteiger partial charge in [0.2, 0.25) is 0 Å². The van der Waals surface area contributed by atoms with E-state index in [1.54, 1.807) is 0 Å². The van der Waals surface area contributed by atoms with E-state index in [0.717, 1.165) is 24.4 Å². The monoisotopic (exact) mass is 255 g/mol. The van der Waals surface area contributed by atoms with Crippen LogP contribution in [0.5, 0.6) is 0 Å². The van der Waals surface area contributed by atoms with Gasteiger partial charge in [-0.25, -0.2) is 0 Å². The van der Waals surface area contributed by atoms with E-state index in [4.69, 9.17) is 0 Å². The third-order valence-corrected chi connectivity index (χ3v) is 3.91. The smallest absolute Gasteiger partial charge is 0.00721 e. The van der Waals surface area contributed by atoms with Crippen molar-refractivity contribution in [1.29, 1.82) is 0 Å². The van der Waals surface area contributed by atoms with E-state index < -0.39 is 0 Å². The summed E-state index contributed by atoms with van der Waals surface area (Å²) in [7, 11) is 0. The molecule has 0 aromatic heterocycles. The van der Waals surface area contributed by atoms with E-state index in [1.165, 1.54) is 32.1 Å². The summed E-state index contributed by atoms with van der Waals surface area (Å²) in [4.78, 5) is 0. The Morgan fingerprint density at radius 2 is 1.50 bits per heavy atom. The van der Waals surface area contributed by atoms with Crippen LogP contribution in [0.4, 0.5) is 0 Å². The van der Waals surface area contributed by atoms with Crippen molar-refractivity contribution in [3.63, 3.8) is 0 Å². The zero-order valence-electron chi connectivity index (χ0n) is 14.0. The second-order valence-electron chi connectivity index (χ2n) is 7.28. The topological polar surface area (TPSA) is 12.0 Å². The van der Waals surface area contributed by atoms with Crippen LogP contribution in [0.2, 0.25) is 0 Å². The second kappa shape index (κ2) is 8.96. The van der Waals surface area contributed by atoms with Crippen LogP contribution in [-0.4, -0.2) is 12.6 Å². The first-order valence-corrected chi connectivity index (χ1v) is 8.05. The maximum atomic E-state index is 3.70. The molecule has 0 amide bonds. The molecular weight excluding hydrogens is 218 g/mol. The molecule has 0 bridgehead atoms. The molecule has 1 N–H and O–H groups in total. The van der Waals surface area contributed by atoms with Gasteiger partial charge in [-0.2, -0.15) is 0 Å². The van der Waals surface area contributed by atoms with Gasteiger partial charge < -0.3 is 5.32 Å². The van der Waals surface area contributed by atoms with Gasteiger partial charge in [0.05, 0.1) is 0 Å². The summed E-state index contributed by atoms with van der Waals surface area (Å²) >= 11 is 0. The third-order valence-electron chi connectivity index (χ3n) is 3.91. The predicted molar refractivity (Wildman–Crippen MR) is 84.0 cm³/mol. The summed E-state index contributed by atoms with van der Waals surface area (Å²) in [6.45, 7) is 17.5. The molecule has 0 fully saturated rings. The van der Waals surface area contributed by atoms with Crippen LogP contribution < -0.4 is 5.32 Å². The Labute approximate surface area is 116 Å². The number of hydrogen-bond acceptors (Lipinski definition) is 1. The molecule has 0 aromatic carbocycles. The van der Waals surface area contributed by atoms with E-state index in [1.807, 2.05) is 0 Å². The quantitative estimate of drug-likeness (QED) is 0.593. The number of nitrogens with one attached hydrogen (secondary N) is 1. The lowest BCUT2D eigenvalue weighted by molar-refractivity contribution is 0.257. The molecule has 0 aliphatic carbocycles. The highest BCUT2D eigenvalue weighted by Gasteiger charge is 2.20. The van der Waals surface area contributed by atoms with Gasteiger partial charge in [0.15, 0.2) is 0 Å². The molecule has 2 unspecified atom stereocenters. The number of rotatable bonds is 9. The maximum absolute atomic E-state index is 3.70. The highest BCUT2D eigenvalue weighted by atomic mass is 14.9. The molecule has 110 valence electrons. The van der Waals surface area contributed by atoms with E-state index >= 15 is 0 Å². The largest absolute Gasteiger partial charge is 0.314 e. The maximum Gasteiger partial charge on any atom is 0.00721 e. The van der Waals surface area contributed by atoms with Gasteiger partial charge in [-0.15, -0.1) is 0 Å². The fourth-order valence-corrected chi connectivity index (χ4v) is 3.19.